The van der Waals surface area contributed by atoms with Gasteiger partial charge in [0.2, 0.25) is 0 Å². The molecule has 1 aliphatic rings. The van der Waals surface area contributed by atoms with Gasteiger partial charge in [-0.2, -0.15) is 0 Å². The lowest BCUT2D eigenvalue weighted by molar-refractivity contribution is 0.0376. The lowest BCUT2D eigenvalue weighted by atomic mass is 9.88. The molecule has 1 unspecified atom stereocenters. The van der Waals surface area contributed by atoms with E-state index in [1.54, 1.807) is 0 Å². The standard InChI is InChI=1S/C21H36N4O.HI/c1-4-22-21(23-11-8-12-25-13-15-26-16-14-25)24-17-20(18(2)3)19-9-6-5-7-10-19;/h5-7,9-10,18,20H,4,8,11-17H2,1-3H3,(H2,22,23,24);1H. The van der Waals surface area contributed by atoms with Crippen molar-refractivity contribution < 1.29 is 4.74 Å². The number of ether oxygens (including phenoxy) is 1. The van der Waals surface area contributed by atoms with Crippen LogP contribution in [0.5, 0.6) is 0 Å². The summed E-state index contributed by atoms with van der Waals surface area (Å²) in [5.41, 5.74) is 1.37. The Labute approximate surface area is 182 Å². The highest BCUT2D eigenvalue weighted by Crippen LogP contribution is 2.24. The van der Waals surface area contributed by atoms with Gasteiger partial charge in [-0.05, 0) is 31.4 Å². The van der Waals surface area contributed by atoms with E-state index in [0.717, 1.165) is 64.9 Å². The highest BCUT2D eigenvalue weighted by Gasteiger charge is 2.15. The van der Waals surface area contributed by atoms with Gasteiger partial charge in [-0.15, -0.1) is 24.0 Å². The highest BCUT2D eigenvalue weighted by atomic mass is 127. The number of rotatable bonds is 9. The molecule has 5 nitrogen and oxygen atoms in total. The highest BCUT2D eigenvalue weighted by molar-refractivity contribution is 14.0. The Kier molecular flexibility index (Phi) is 12.7. The maximum absolute atomic E-state index is 5.40. The predicted molar refractivity (Wildman–Crippen MR) is 125 cm³/mol. The van der Waals surface area contributed by atoms with Crippen molar-refractivity contribution in [1.29, 1.82) is 0 Å². The van der Waals surface area contributed by atoms with E-state index >= 15 is 0 Å². The largest absolute Gasteiger partial charge is 0.379 e. The van der Waals surface area contributed by atoms with Crippen LogP contribution in [0.15, 0.2) is 35.3 Å². The first-order valence-corrected chi connectivity index (χ1v) is 10.1. The average Bonchev–Trinajstić information content (AvgIpc) is 2.66. The van der Waals surface area contributed by atoms with Crippen LogP contribution in [0.2, 0.25) is 0 Å². The second-order valence-electron chi connectivity index (χ2n) is 7.22. The molecule has 1 atom stereocenters. The molecule has 6 heteroatoms. The lowest BCUT2D eigenvalue weighted by Crippen LogP contribution is -2.41. The van der Waals surface area contributed by atoms with Crippen molar-refractivity contribution in [3.8, 4) is 0 Å². The Hall–Kier alpha value is -0.860. The SMILES string of the molecule is CCNC(=NCC(c1ccccc1)C(C)C)NCCCN1CCOCC1.I. The zero-order valence-electron chi connectivity index (χ0n) is 17.1. The summed E-state index contributed by atoms with van der Waals surface area (Å²) in [6, 6.07) is 10.7. The van der Waals surface area contributed by atoms with E-state index in [9.17, 15) is 0 Å². The molecule has 1 aromatic rings. The normalized spacial score (nSPS) is 16.7. The molecule has 0 radical (unpaired) electrons. The third-order valence-corrected chi connectivity index (χ3v) is 4.87. The number of halogens is 1. The van der Waals surface area contributed by atoms with Gasteiger partial charge < -0.3 is 15.4 Å². The van der Waals surface area contributed by atoms with E-state index in [1.165, 1.54) is 5.56 Å². The number of nitrogens with zero attached hydrogens (tertiary/aromatic N) is 2. The molecule has 0 spiro atoms. The molecule has 0 bridgehead atoms. The first kappa shape index (κ1) is 24.2. The van der Waals surface area contributed by atoms with E-state index in [4.69, 9.17) is 9.73 Å². The van der Waals surface area contributed by atoms with Gasteiger partial charge in [0, 0.05) is 38.6 Å². The quantitative estimate of drug-likeness (QED) is 0.242. The summed E-state index contributed by atoms with van der Waals surface area (Å²) in [5.74, 6) is 1.93. The van der Waals surface area contributed by atoms with Crippen LogP contribution in [0.3, 0.4) is 0 Å². The number of nitrogens with one attached hydrogen (secondary N) is 2. The Bertz CT molecular complexity index is 518. The Morgan fingerprint density at radius 2 is 1.85 bits per heavy atom. The Morgan fingerprint density at radius 1 is 1.15 bits per heavy atom. The average molecular weight is 488 g/mol. The van der Waals surface area contributed by atoms with Crippen molar-refractivity contribution in [3.05, 3.63) is 35.9 Å². The van der Waals surface area contributed by atoms with Crippen LogP contribution in [0.1, 0.15) is 38.7 Å². The Balaban J connectivity index is 0.00000364. The molecule has 0 saturated carbocycles. The summed E-state index contributed by atoms with van der Waals surface area (Å²) < 4.78 is 5.40. The van der Waals surface area contributed by atoms with Crippen molar-refractivity contribution in [1.82, 2.24) is 15.5 Å². The fraction of sp³-hybridized carbons (Fsp3) is 0.667. The minimum absolute atomic E-state index is 0. The minimum atomic E-state index is 0. The molecule has 0 aromatic heterocycles. The fourth-order valence-corrected chi connectivity index (χ4v) is 3.27. The van der Waals surface area contributed by atoms with Gasteiger partial charge in [0.05, 0.1) is 13.2 Å². The topological polar surface area (TPSA) is 48.9 Å². The maximum atomic E-state index is 5.40. The summed E-state index contributed by atoms with van der Waals surface area (Å²) in [6.45, 7) is 14.3. The lowest BCUT2D eigenvalue weighted by Gasteiger charge is -2.26. The number of aliphatic imine (C=N–C) groups is 1. The van der Waals surface area contributed by atoms with E-state index in [1.807, 2.05) is 0 Å². The molecule has 27 heavy (non-hydrogen) atoms. The summed E-state index contributed by atoms with van der Waals surface area (Å²) in [5, 5.41) is 6.86. The van der Waals surface area contributed by atoms with Gasteiger partial charge >= 0.3 is 0 Å². The molecule has 0 amide bonds. The molecule has 154 valence electrons. The van der Waals surface area contributed by atoms with Gasteiger partial charge in [0.25, 0.3) is 0 Å². The molecule has 2 N–H and O–H groups in total. The van der Waals surface area contributed by atoms with Crippen molar-refractivity contribution >= 4 is 29.9 Å². The summed E-state index contributed by atoms with van der Waals surface area (Å²) in [7, 11) is 0. The van der Waals surface area contributed by atoms with Crippen LogP contribution in [0.25, 0.3) is 0 Å². The number of hydrogen-bond donors (Lipinski definition) is 2. The molecule has 1 aromatic carbocycles. The zero-order valence-corrected chi connectivity index (χ0v) is 19.4. The van der Waals surface area contributed by atoms with Gasteiger partial charge in [0.15, 0.2) is 5.96 Å². The smallest absolute Gasteiger partial charge is 0.191 e. The van der Waals surface area contributed by atoms with Crippen LogP contribution in [-0.4, -0.2) is 63.3 Å². The van der Waals surface area contributed by atoms with Crippen molar-refractivity contribution in [2.24, 2.45) is 10.9 Å². The summed E-state index contributed by atoms with van der Waals surface area (Å²) in [4.78, 5) is 7.33. The van der Waals surface area contributed by atoms with Crippen molar-refractivity contribution in [3.63, 3.8) is 0 Å². The number of morpholine rings is 1. The van der Waals surface area contributed by atoms with Crippen LogP contribution < -0.4 is 10.6 Å². The molecule has 0 aliphatic carbocycles. The summed E-state index contributed by atoms with van der Waals surface area (Å²) in [6.07, 6.45) is 1.12. The number of hydrogen-bond acceptors (Lipinski definition) is 3. The van der Waals surface area contributed by atoms with Crippen molar-refractivity contribution in [2.45, 2.75) is 33.1 Å². The van der Waals surface area contributed by atoms with Crippen LogP contribution in [-0.2, 0) is 4.74 Å². The van der Waals surface area contributed by atoms with Gasteiger partial charge in [-0.1, -0.05) is 44.2 Å². The fourth-order valence-electron chi connectivity index (χ4n) is 3.27. The van der Waals surface area contributed by atoms with Crippen molar-refractivity contribution in [2.75, 3.05) is 52.5 Å². The maximum Gasteiger partial charge on any atom is 0.191 e. The monoisotopic (exact) mass is 488 g/mol. The third-order valence-electron chi connectivity index (χ3n) is 4.87. The minimum Gasteiger partial charge on any atom is -0.379 e. The number of benzene rings is 1. The van der Waals surface area contributed by atoms with Crippen LogP contribution in [0, 0.1) is 5.92 Å². The summed E-state index contributed by atoms with van der Waals surface area (Å²) >= 11 is 0. The van der Waals surface area contributed by atoms with E-state index in [0.29, 0.717) is 11.8 Å². The van der Waals surface area contributed by atoms with Gasteiger partial charge in [-0.3, -0.25) is 9.89 Å². The molecule has 1 heterocycles. The molecule has 1 saturated heterocycles. The predicted octanol–water partition coefficient (Wildman–Crippen LogP) is 3.32. The van der Waals surface area contributed by atoms with Crippen LogP contribution in [0.4, 0.5) is 0 Å². The van der Waals surface area contributed by atoms with E-state index in [2.05, 4.69) is 66.6 Å². The molecular weight excluding hydrogens is 451 g/mol. The van der Waals surface area contributed by atoms with E-state index < -0.39 is 0 Å². The molecule has 1 aliphatic heterocycles. The molecule has 2 rings (SSSR count). The molecular formula is C21H37IN4O. The second-order valence-corrected chi connectivity index (χ2v) is 7.22. The first-order valence-electron chi connectivity index (χ1n) is 10.1. The van der Waals surface area contributed by atoms with Gasteiger partial charge in [0.1, 0.15) is 0 Å². The number of guanidine groups is 1. The van der Waals surface area contributed by atoms with Gasteiger partial charge in [-0.25, -0.2) is 0 Å². The first-order chi connectivity index (χ1) is 12.7. The second kappa shape index (κ2) is 14.2. The molecule has 1 fully saturated rings. The third kappa shape index (κ3) is 9.25. The van der Waals surface area contributed by atoms with Crippen LogP contribution >= 0.6 is 24.0 Å². The zero-order chi connectivity index (χ0) is 18.6. The van der Waals surface area contributed by atoms with E-state index in [-0.39, 0.29) is 24.0 Å². The Morgan fingerprint density at radius 3 is 2.48 bits per heavy atom.